The maximum Gasteiger partial charge on any atom is 0.410 e. The molecule has 0 aromatic carbocycles. The number of ether oxygens (including phenoxy) is 2. The first-order chi connectivity index (χ1) is 17.8. The summed E-state index contributed by atoms with van der Waals surface area (Å²) in [6.45, 7) is 25.9. The maximum atomic E-state index is 11.9. The second kappa shape index (κ2) is 15.1. The smallest absolute Gasteiger partial charge is 0.410 e. The van der Waals surface area contributed by atoms with Gasteiger partial charge in [0.1, 0.15) is 38.7 Å². The lowest BCUT2D eigenvalue weighted by Crippen LogP contribution is -2.47. The standard InChI is InChI=1S/C15H27NO3Si.C10H17NO3.C5H10Si/c1-14(2,3)19-13(17)16-10-7-15(18,8-11-16)9-12-20(4,5)6;1-10(2,3)14-9(13)11-6-4-8(12)5-7-11;1-5-6(2,3)4/h18H,7-8,10-11H2,1-6H3;4-7H2,1-3H3;1H,2-4H3. The molecule has 2 rings (SSSR count). The molecule has 0 atom stereocenters. The highest BCUT2D eigenvalue weighted by Gasteiger charge is 2.34. The predicted molar refractivity (Wildman–Crippen MR) is 167 cm³/mol. The van der Waals surface area contributed by atoms with E-state index in [2.05, 4.69) is 56.3 Å². The Labute approximate surface area is 245 Å². The van der Waals surface area contributed by atoms with Crippen LogP contribution >= 0.6 is 0 Å². The fraction of sp³-hybridized carbons (Fsp3) is 0.767. The van der Waals surface area contributed by atoms with E-state index in [1.54, 1.807) is 9.80 Å². The molecule has 0 saturated carbocycles. The number of likely N-dealkylation sites (tertiary alicyclic amines) is 2. The van der Waals surface area contributed by atoms with Crippen LogP contribution in [0.15, 0.2) is 0 Å². The van der Waals surface area contributed by atoms with Crippen molar-refractivity contribution in [3.05, 3.63) is 0 Å². The molecule has 1 N–H and O–H groups in total. The van der Waals surface area contributed by atoms with Crippen molar-refractivity contribution in [3.63, 3.8) is 0 Å². The zero-order valence-electron chi connectivity index (χ0n) is 27.1. The third-order valence-electron chi connectivity index (χ3n) is 5.32. The molecule has 2 aliphatic heterocycles. The van der Waals surface area contributed by atoms with Crippen LogP contribution < -0.4 is 0 Å². The lowest BCUT2D eigenvalue weighted by Gasteiger charge is -2.36. The van der Waals surface area contributed by atoms with E-state index in [4.69, 9.17) is 15.9 Å². The first kappa shape index (κ1) is 37.7. The van der Waals surface area contributed by atoms with Gasteiger partial charge in [0.05, 0.1) is 0 Å². The number of carbonyl (C=O) groups excluding carboxylic acids is 3. The normalized spacial score (nSPS) is 17.4. The zero-order chi connectivity index (χ0) is 31.6. The van der Waals surface area contributed by atoms with E-state index in [0.717, 1.165) is 0 Å². The van der Waals surface area contributed by atoms with Crippen LogP contribution in [0.25, 0.3) is 0 Å². The molecule has 0 bridgehead atoms. The number of hydrogen-bond acceptors (Lipinski definition) is 6. The molecule has 10 heteroatoms. The van der Waals surface area contributed by atoms with Crippen molar-refractivity contribution in [3.8, 4) is 23.4 Å². The summed E-state index contributed by atoms with van der Waals surface area (Å²) >= 11 is 0. The molecule has 228 valence electrons. The molecule has 2 heterocycles. The SMILES string of the molecule is C#C[Si](C)(C)C.CC(C)(C)OC(=O)N1CCC(=O)CC1.CC(C)(C)OC(=O)N1CCC(O)(C#C[Si](C)(C)C)CC1. The summed E-state index contributed by atoms with van der Waals surface area (Å²) in [5, 5.41) is 10.4. The van der Waals surface area contributed by atoms with Crippen molar-refractivity contribution in [2.75, 3.05) is 26.2 Å². The average Bonchev–Trinajstić information content (AvgIpc) is 2.76. The van der Waals surface area contributed by atoms with Crippen LogP contribution in [0.3, 0.4) is 0 Å². The number of nitrogens with zero attached hydrogens (tertiary/aromatic N) is 2. The number of amides is 2. The van der Waals surface area contributed by atoms with Crippen LogP contribution in [0.2, 0.25) is 39.3 Å². The molecule has 0 spiro atoms. The monoisotopic (exact) mass is 594 g/mol. The molecule has 0 aromatic rings. The number of hydrogen-bond donors (Lipinski definition) is 1. The number of terminal acetylenes is 1. The number of piperidine rings is 2. The van der Waals surface area contributed by atoms with Crippen molar-refractivity contribution in [1.82, 2.24) is 9.80 Å². The van der Waals surface area contributed by atoms with Gasteiger partial charge in [-0.2, -0.15) is 0 Å². The number of rotatable bonds is 0. The Morgan fingerprint density at radius 2 is 1.15 bits per heavy atom. The van der Waals surface area contributed by atoms with Crippen LogP contribution in [0.4, 0.5) is 9.59 Å². The molecule has 2 aliphatic rings. The molecular weight excluding hydrogens is 541 g/mol. The number of aliphatic hydroxyl groups is 1. The second-order valence-electron chi connectivity index (χ2n) is 14.4. The van der Waals surface area contributed by atoms with Crippen LogP contribution in [-0.4, -0.2) is 92.0 Å². The van der Waals surface area contributed by atoms with Crippen LogP contribution in [0, 0.1) is 23.4 Å². The van der Waals surface area contributed by atoms with Gasteiger partial charge in [-0.05, 0) is 41.5 Å². The second-order valence-corrected chi connectivity index (χ2v) is 23.9. The van der Waals surface area contributed by atoms with Gasteiger partial charge in [0.15, 0.2) is 0 Å². The molecule has 40 heavy (non-hydrogen) atoms. The minimum absolute atomic E-state index is 0.227. The first-order valence-electron chi connectivity index (χ1n) is 14.1. The van der Waals surface area contributed by atoms with Gasteiger partial charge in [0, 0.05) is 51.9 Å². The fourth-order valence-corrected chi connectivity index (χ4v) is 3.69. The van der Waals surface area contributed by atoms with E-state index in [1.165, 1.54) is 0 Å². The first-order valence-corrected chi connectivity index (χ1v) is 21.1. The molecular formula is C30H54N2O6Si2. The highest BCUT2D eigenvalue weighted by atomic mass is 28.3. The van der Waals surface area contributed by atoms with Crippen molar-refractivity contribution in [1.29, 1.82) is 0 Å². The van der Waals surface area contributed by atoms with E-state index in [9.17, 15) is 19.5 Å². The Bertz CT molecular complexity index is 948. The van der Waals surface area contributed by atoms with E-state index in [0.29, 0.717) is 51.9 Å². The van der Waals surface area contributed by atoms with Crippen LogP contribution in [0.1, 0.15) is 67.2 Å². The van der Waals surface area contributed by atoms with Gasteiger partial charge in [-0.1, -0.05) is 45.2 Å². The highest BCUT2D eigenvalue weighted by Crippen LogP contribution is 2.23. The molecule has 8 nitrogen and oxygen atoms in total. The van der Waals surface area contributed by atoms with E-state index >= 15 is 0 Å². The van der Waals surface area contributed by atoms with Crippen LogP contribution in [0.5, 0.6) is 0 Å². The van der Waals surface area contributed by atoms with Gasteiger partial charge in [0.25, 0.3) is 0 Å². The Kier molecular flexibility index (Phi) is 14.2. The molecule has 2 saturated heterocycles. The average molecular weight is 595 g/mol. The molecule has 0 aromatic heterocycles. The van der Waals surface area contributed by atoms with Gasteiger partial charge < -0.3 is 24.4 Å². The summed E-state index contributed by atoms with van der Waals surface area (Å²) < 4.78 is 10.5. The Morgan fingerprint density at radius 1 is 0.800 bits per heavy atom. The minimum Gasteiger partial charge on any atom is -0.444 e. The summed E-state index contributed by atoms with van der Waals surface area (Å²) in [6, 6.07) is 0. The molecule has 2 fully saturated rings. The number of carbonyl (C=O) groups is 3. The van der Waals surface area contributed by atoms with Crippen molar-refractivity contribution >= 4 is 34.1 Å². The number of ketones is 1. The van der Waals surface area contributed by atoms with Crippen molar-refractivity contribution in [2.24, 2.45) is 0 Å². The zero-order valence-corrected chi connectivity index (χ0v) is 29.1. The van der Waals surface area contributed by atoms with E-state index in [1.807, 2.05) is 41.5 Å². The van der Waals surface area contributed by atoms with Gasteiger partial charge in [-0.3, -0.25) is 4.79 Å². The summed E-state index contributed by atoms with van der Waals surface area (Å²) in [4.78, 5) is 37.6. The van der Waals surface area contributed by atoms with E-state index < -0.39 is 33.0 Å². The third-order valence-corrected chi connectivity index (χ3v) is 7.06. The molecule has 0 aliphatic carbocycles. The summed E-state index contributed by atoms with van der Waals surface area (Å²) in [5.74, 6) is 3.26. The summed E-state index contributed by atoms with van der Waals surface area (Å²) in [5.41, 5.74) is 4.07. The summed E-state index contributed by atoms with van der Waals surface area (Å²) in [7, 11) is -2.59. The van der Waals surface area contributed by atoms with Crippen molar-refractivity contribution in [2.45, 2.75) is 123 Å². The summed E-state index contributed by atoms with van der Waals surface area (Å²) in [6.07, 6.45) is 6.39. The van der Waals surface area contributed by atoms with E-state index in [-0.39, 0.29) is 18.0 Å². The molecule has 2 amide bonds. The van der Waals surface area contributed by atoms with Gasteiger partial charge in [0.2, 0.25) is 0 Å². The topological polar surface area (TPSA) is 96.4 Å². The highest BCUT2D eigenvalue weighted by molar-refractivity contribution is 6.84. The quantitative estimate of drug-likeness (QED) is 0.285. The Balaban J connectivity index is 0.000000657. The molecule has 0 radical (unpaired) electrons. The Hall–Kier alpha value is -2.28. The van der Waals surface area contributed by atoms with Gasteiger partial charge >= 0.3 is 12.2 Å². The minimum atomic E-state index is -1.49. The Morgan fingerprint density at radius 3 is 1.45 bits per heavy atom. The maximum absolute atomic E-state index is 11.9. The van der Waals surface area contributed by atoms with Gasteiger partial charge in [-0.15, -0.1) is 17.5 Å². The number of Topliss-reactive ketones (excluding diaryl/α,β-unsaturated/α-hetero) is 1. The predicted octanol–water partition coefficient (Wildman–Crippen LogP) is 5.71. The van der Waals surface area contributed by atoms with Crippen molar-refractivity contribution < 1.29 is 29.0 Å². The third kappa shape index (κ3) is 18.9. The molecule has 0 unspecified atom stereocenters. The van der Waals surface area contributed by atoms with Crippen LogP contribution in [-0.2, 0) is 14.3 Å². The lowest BCUT2D eigenvalue weighted by atomic mass is 9.93. The lowest BCUT2D eigenvalue weighted by molar-refractivity contribution is -0.121. The largest absolute Gasteiger partial charge is 0.444 e. The van der Waals surface area contributed by atoms with Gasteiger partial charge in [-0.25, -0.2) is 9.59 Å². The fourth-order valence-electron chi connectivity index (χ4n) is 3.08.